The van der Waals surface area contributed by atoms with Gasteiger partial charge in [0.15, 0.2) is 5.78 Å². The summed E-state index contributed by atoms with van der Waals surface area (Å²) in [6.07, 6.45) is 5.72. The predicted molar refractivity (Wildman–Crippen MR) is 93.8 cm³/mol. The van der Waals surface area contributed by atoms with Crippen molar-refractivity contribution in [2.75, 3.05) is 12.4 Å². The first-order chi connectivity index (χ1) is 11.8. The third-order valence-corrected chi connectivity index (χ3v) is 5.26. The second kappa shape index (κ2) is 6.37. The number of pyridine rings is 1. The number of rotatable bonds is 4. The summed E-state index contributed by atoms with van der Waals surface area (Å²) in [6, 6.07) is 1.38. The smallest absolute Gasteiger partial charge is 0.312 e. The van der Waals surface area contributed by atoms with Crippen LogP contribution in [0.1, 0.15) is 68.4 Å². The second-order valence-electron chi connectivity index (χ2n) is 7.93. The molecule has 2 aliphatic carbocycles. The number of carbonyl (C=O) groups excluding carboxylic acids is 1. The highest BCUT2D eigenvalue weighted by molar-refractivity contribution is 5.99. The number of hydrogen-bond acceptors (Lipinski definition) is 6. The molecule has 25 heavy (non-hydrogen) atoms. The summed E-state index contributed by atoms with van der Waals surface area (Å²) in [5.74, 6) is 0.130. The molecule has 0 saturated heterocycles. The molecule has 0 aliphatic heterocycles. The van der Waals surface area contributed by atoms with Gasteiger partial charge in [0, 0.05) is 25.2 Å². The van der Waals surface area contributed by atoms with Crippen LogP contribution in [0, 0.1) is 15.5 Å². The molecule has 1 fully saturated rings. The Kier molecular flexibility index (Phi) is 4.53. The Morgan fingerprint density at radius 1 is 1.24 bits per heavy atom. The number of carbonyl (C=O) groups is 1. The monoisotopic (exact) mass is 347 g/mol. The van der Waals surface area contributed by atoms with Crippen LogP contribution in [-0.2, 0) is 11.2 Å². The van der Waals surface area contributed by atoms with Crippen molar-refractivity contribution in [2.45, 2.75) is 64.5 Å². The number of nitrogens with zero attached hydrogens (tertiary/aromatic N) is 2. The molecule has 136 valence electrons. The van der Waals surface area contributed by atoms with Crippen LogP contribution >= 0.6 is 0 Å². The third-order valence-electron chi connectivity index (χ3n) is 5.26. The number of nitrogens with one attached hydrogen (secondary N) is 1. The van der Waals surface area contributed by atoms with Crippen LogP contribution in [0.2, 0.25) is 0 Å². The van der Waals surface area contributed by atoms with Gasteiger partial charge in [-0.15, -0.1) is 0 Å². The normalized spacial score (nSPS) is 21.5. The molecule has 1 heterocycles. The molecule has 0 unspecified atom stereocenters. The van der Waals surface area contributed by atoms with Gasteiger partial charge in [0.2, 0.25) is 5.82 Å². The van der Waals surface area contributed by atoms with E-state index in [0.717, 1.165) is 32.1 Å². The predicted octanol–water partition coefficient (Wildman–Crippen LogP) is 3.86. The molecule has 0 aromatic carbocycles. The van der Waals surface area contributed by atoms with Gasteiger partial charge in [0.05, 0.1) is 10.6 Å². The number of aromatic nitrogens is 1. The number of fused-ring (bicyclic) bond motifs is 1. The first-order valence-corrected chi connectivity index (χ1v) is 8.80. The Bertz CT molecular complexity index is 709. The van der Waals surface area contributed by atoms with Crippen molar-refractivity contribution in [1.29, 1.82) is 0 Å². The molecule has 1 aromatic rings. The second-order valence-corrected chi connectivity index (χ2v) is 7.93. The summed E-state index contributed by atoms with van der Waals surface area (Å²) in [5, 5.41) is 14.7. The quantitative estimate of drug-likeness (QED) is 0.505. The zero-order valence-corrected chi connectivity index (χ0v) is 15.1. The van der Waals surface area contributed by atoms with E-state index >= 15 is 0 Å². The highest BCUT2D eigenvalue weighted by Gasteiger charge is 2.38. The fourth-order valence-electron chi connectivity index (χ4n) is 3.91. The number of hydrogen-bond donors (Lipinski definition) is 1. The molecule has 0 bridgehead atoms. The maximum Gasteiger partial charge on any atom is 0.312 e. The van der Waals surface area contributed by atoms with E-state index in [4.69, 9.17) is 4.74 Å². The van der Waals surface area contributed by atoms with Crippen LogP contribution in [-0.4, -0.2) is 28.5 Å². The van der Waals surface area contributed by atoms with Crippen molar-refractivity contribution in [2.24, 2.45) is 5.41 Å². The molecule has 1 saturated carbocycles. The van der Waals surface area contributed by atoms with E-state index in [-0.39, 0.29) is 22.7 Å². The van der Waals surface area contributed by atoms with Gasteiger partial charge in [-0.3, -0.25) is 14.9 Å². The summed E-state index contributed by atoms with van der Waals surface area (Å²) < 4.78 is 5.68. The highest BCUT2D eigenvalue weighted by atomic mass is 16.6. The van der Waals surface area contributed by atoms with Gasteiger partial charge in [-0.1, -0.05) is 20.3 Å². The molecule has 0 radical (unpaired) electrons. The van der Waals surface area contributed by atoms with E-state index in [1.165, 1.54) is 6.07 Å². The van der Waals surface area contributed by atoms with Crippen LogP contribution < -0.4 is 5.32 Å². The minimum atomic E-state index is -0.627. The van der Waals surface area contributed by atoms with Gasteiger partial charge in [0.25, 0.3) is 0 Å². The third kappa shape index (κ3) is 3.51. The van der Waals surface area contributed by atoms with E-state index in [1.807, 2.05) is 13.8 Å². The average molecular weight is 347 g/mol. The molecule has 1 aromatic heterocycles. The molecule has 7 heteroatoms. The zero-order chi connectivity index (χ0) is 18.2. The minimum Gasteiger partial charge on any atom is -0.359 e. The number of methoxy groups -OCH3 is 1. The van der Waals surface area contributed by atoms with Crippen LogP contribution in [0.3, 0.4) is 0 Å². The maximum absolute atomic E-state index is 12.4. The van der Waals surface area contributed by atoms with Gasteiger partial charge in [-0.25, -0.2) is 4.98 Å². The summed E-state index contributed by atoms with van der Waals surface area (Å²) in [5.41, 5.74) is 0.0455. The van der Waals surface area contributed by atoms with Gasteiger partial charge >= 0.3 is 5.69 Å². The van der Waals surface area contributed by atoms with Crippen LogP contribution in [0.5, 0.6) is 0 Å². The van der Waals surface area contributed by atoms with Crippen molar-refractivity contribution < 1.29 is 14.5 Å². The summed E-state index contributed by atoms with van der Waals surface area (Å²) in [4.78, 5) is 28.0. The highest BCUT2D eigenvalue weighted by Crippen LogP contribution is 2.39. The Morgan fingerprint density at radius 2 is 1.92 bits per heavy atom. The zero-order valence-electron chi connectivity index (χ0n) is 15.1. The number of Topliss-reactive ketones (excluding diaryl/α,β-unsaturated/α-hetero) is 1. The van der Waals surface area contributed by atoms with Crippen molar-refractivity contribution in [1.82, 2.24) is 4.98 Å². The number of ether oxygens (including phenoxy) is 1. The van der Waals surface area contributed by atoms with Crippen molar-refractivity contribution in [3.8, 4) is 0 Å². The summed E-state index contributed by atoms with van der Waals surface area (Å²) in [6.45, 7) is 4.03. The molecule has 7 nitrogen and oxygen atoms in total. The number of nitro groups is 1. The van der Waals surface area contributed by atoms with Crippen molar-refractivity contribution in [3.05, 3.63) is 27.4 Å². The fourth-order valence-corrected chi connectivity index (χ4v) is 3.91. The van der Waals surface area contributed by atoms with Crippen LogP contribution in [0.4, 0.5) is 11.5 Å². The van der Waals surface area contributed by atoms with E-state index in [1.54, 1.807) is 7.11 Å². The van der Waals surface area contributed by atoms with E-state index in [2.05, 4.69) is 10.3 Å². The van der Waals surface area contributed by atoms with Crippen LogP contribution in [0.25, 0.3) is 0 Å². The minimum absolute atomic E-state index is 0.0764. The standard InChI is InChI=1S/C18H25N3O4/c1-17(2)10-13-12(15(22)11-17)9-14(21(23)24)16(19-13)20-18(25-3)7-5-4-6-8-18/h9H,4-8,10-11H2,1-3H3,(H,19,20). The van der Waals surface area contributed by atoms with Gasteiger partial charge in [-0.2, -0.15) is 0 Å². The Morgan fingerprint density at radius 3 is 2.52 bits per heavy atom. The molecular formula is C18H25N3O4. The lowest BCUT2D eigenvalue weighted by molar-refractivity contribution is -0.384. The SMILES string of the molecule is COC1(Nc2nc3c(cc2[N+](=O)[O-])C(=O)CC(C)(C)C3)CCCCC1. The van der Waals surface area contributed by atoms with Crippen molar-refractivity contribution >= 4 is 17.3 Å². The topological polar surface area (TPSA) is 94.4 Å². The van der Waals surface area contributed by atoms with E-state index < -0.39 is 10.6 Å². The molecule has 3 rings (SSSR count). The first kappa shape index (κ1) is 17.8. The first-order valence-electron chi connectivity index (χ1n) is 8.80. The Balaban J connectivity index is 2.03. The van der Waals surface area contributed by atoms with Crippen LogP contribution in [0.15, 0.2) is 6.07 Å². The van der Waals surface area contributed by atoms with Gasteiger partial charge < -0.3 is 10.1 Å². The lowest BCUT2D eigenvalue weighted by atomic mass is 9.75. The van der Waals surface area contributed by atoms with E-state index in [9.17, 15) is 14.9 Å². The molecule has 0 amide bonds. The lowest BCUT2D eigenvalue weighted by Gasteiger charge is -2.37. The Hall–Kier alpha value is -2.02. The molecule has 2 aliphatic rings. The molecule has 0 atom stereocenters. The fraction of sp³-hybridized carbons (Fsp3) is 0.667. The largest absolute Gasteiger partial charge is 0.359 e. The maximum atomic E-state index is 12.4. The van der Waals surface area contributed by atoms with E-state index in [0.29, 0.717) is 24.1 Å². The summed E-state index contributed by atoms with van der Waals surface area (Å²) in [7, 11) is 1.62. The Labute approximate surface area is 147 Å². The summed E-state index contributed by atoms with van der Waals surface area (Å²) >= 11 is 0. The van der Waals surface area contributed by atoms with Gasteiger partial charge in [-0.05, 0) is 37.5 Å². The van der Waals surface area contributed by atoms with Gasteiger partial charge in [0.1, 0.15) is 5.72 Å². The lowest BCUT2D eigenvalue weighted by Crippen LogP contribution is -2.42. The molecule has 0 spiro atoms. The number of ketones is 1. The molecular weight excluding hydrogens is 322 g/mol. The average Bonchev–Trinajstić information content (AvgIpc) is 2.53. The molecule has 1 N–H and O–H groups in total. The number of anilines is 1. The van der Waals surface area contributed by atoms with Crippen molar-refractivity contribution in [3.63, 3.8) is 0 Å².